The van der Waals surface area contributed by atoms with E-state index in [4.69, 9.17) is 0 Å². The highest BCUT2D eigenvalue weighted by Crippen LogP contribution is 2.35. The fraction of sp³-hybridized carbons (Fsp3) is 0.643. The number of carbonyl (C=O) groups excluding carboxylic acids is 1. The lowest BCUT2D eigenvalue weighted by Crippen LogP contribution is -2.31. The van der Waals surface area contributed by atoms with E-state index >= 15 is 0 Å². The minimum absolute atomic E-state index is 0.237. The van der Waals surface area contributed by atoms with Crippen LogP contribution in [0.1, 0.15) is 54.7 Å². The first-order valence-electron chi connectivity index (χ1n) is 7.85. The van der Waals surface area contributed by atoms with Gasteiger partial charge in [-0.2, -0.15) is 5.10 Å². The van der Waals surface area contributed by atoms with Crippen LogP contribution >= 0.6 is 11.3 Å². The number of aryl methyl sites for hydroxylation is 1. The molecule has 124 valence electrons. The van der Waals surface area contributed by atoms with Crippen molar-refractivity contribution in [1.82, 2.24) is 30.3 Å². The largest absolute Gasteiger partial charge is 0.323 e. The highest BCUT2D eigenvalue weighted by molar-refractivity contribution is 7.15. The molecule has 1 aliphatic rings. The third kappa shape index (κ3) is 4.04. The average Bonchev–Trinajstić information content (AvgIpc) is 3.17. The number of nitrogens with one attached hydrogen (secondary N) is 2. The molecule has 2 aromatic heterocycles. The van der Waals surface area contributed by atoms with Crippen LogP contribution in [0.4, 0.5) is 9.93 Å². The van der Waals surface area contributed by atoms with Gasteiger partial charge in [-0.15, -0.1) is 10.2 Å². The van der Waals surface area contributed by atoms with E-state index in [0.29, 0.717) is 23.4 Å². The van der Waals surface area contributed by atoms with Gasteiger partial charge in [0.25, 0.3) is 0 Å². The third-order valence-electron chi connectivity index (χ3n) is 3.98. The van der Waals surface area contributed by atoms with Crippen molar-refractivity contribution in [2.75, 3.05) is 12.4 Å². The Morgan fingerprint density at radius 1 is 1.35 bits per heavy atom. The van der Waals surface area contributed by atoms with Crippen LogP contribution in [0.25, 0.3) is 0 Å². The molecule has 1 fully saturated rings. The lowest BCUT2D eigenvalue weighted by atomic mass is 9.90. The van der Waals surface area contributed by atoms with Crippen molar-refractivity contribution in [2.24, 2.45) is 0 Å². The second kappa shape index (κ2) is 7.03. The van der Waals surface area contributed by atoms with Crippen LogP contribution in [-0.4, -0.2) is 43.4 Å². The molecule has 0 spiro atoms. The second-order valence-corrected chi connectivity index (χ2v) is 6.91. The van der Waals surface area contributed by atoms with Gasteiger partial charge in [0.2, 0.25) is 5.13 Å². The summed E-state index contributed by atoms with van der Waals surface area (Å²) in [5.41, 5.74) is 0. The standard InChI is InChI=1S/C14H21N7OS/c1-9-15-11(18-17-9)8-21(2)14(22)16-13-20-19-12(23-13)10-6-4-3-5-7-10/h10H,3-8H2,1-2H3,(H,15,17,18)(H,16,20,22). The maximum atomic E-state index is 12.2. The molecule has 0 unspecified atom stereocenters. The number of amides is 2. The van der Waals surface area contributed by atoms with Gasteiger partial charge in [0, 0.05) is 13.0 Å². The Hall–Kier alpha value is -2.03. The third-order valence-corrected chi connectivity index (χ3v) is 4.98. The minimum Gasteiger partial charge on any atom is -0.320 e. The van der Waals surface area contributed by atoms with Gasteiger partial charge in [0.05, 0.1) is 6.54 Å². The predicted molar refractivity (Wildman–Crippen MR) is 87.3 cm³/mol. The van der Waals surface area contributed by atoms with Crippen molar-refractivity contribution in [3.05, 3.63) is 16.7 Å². The molecule has 2 N–H and O–H groups in total. The van der Waals surface area contributed by atoms with Gasteiger partial charge in [0.15, 0.2) is 5.82 Å². The van der Waals surface area contributed by atoms with Gasteiger partial charge in [-0.05, 0) is 19.8 Å². The summed E-state index contributed by atoms with van der Waals surface area (Å²) in [6, 6.07) is -0.237. The maximum absolute atomic E-state index is 12.2. The summed E-state index contributed by atoms with van der Waals surface area (Å²) in [6.45, 7) is 2.16. The summed E-state index contributed by atoms with van der Waals surface area (Å²) in [4.78, 5) is 17.9. The molecule has 2 amide bonds. The van der Waals surface area contributed by atoms with Crippen LogP contribution in [0.5, 0.6) is 0 Å². The van der Waals surface area contributed by atoms with E-state index in [1.165, 1.54) is 48.3 Å². The van der Waals surface area contributed by atoms with Crippen molar-refractivity contribution >= 4 is 22.5 Å². The topological polar surface area (TPSA) is 99.7 Å². The first kappa shape index (κ1) is 15.9. The summed E-state index contributed by atoms with van der Waals surface area (Å²) < 4.78 is 0. The Bertz CT molecular complexity index is 662. The van der Waals surface area contributed by atoms with E-state index in [9.17, 15) is 4.79 Å². The molecule has 9 heteroatoms. The Morgan fingerprint density at radius 2 is 2.13 bits per heavy atom. The first-order valence-corrected chi connectivity index (χ1v) is 8.67. The zero-order chi connectivity index (χ0) is 16.2. The summed E-state index contributed by atoms with van der Waals surface area (Å²) in [6.07, 6.45) is 6.17. The lowest BCUT2D eigenvalue weighted by molar-refractivity contribution is 0.219. The van der Waals surface area contributed by atoms with E-state index in [0.717, 1.165) is 10.8 Å². The van der Waals surface area contributed by atoms with Crippen molar-refractivity contribution in [3.63, 3.8) is 0 Å². The summed E-state index contributed by atoms with van der Waals surface area (Å²) in [5, 5.41) is 19.5. The predicted octanol–water partition coefficient (Wildman–Crippen LogP) is 2.68. The van der Waals surface area contributed by atoms with Crippen molar-refractivity contribution < 1.29 is 4.79 Å². The normalized spacial score (nSPS) is 15.6. The van der Waals surface area contributed by atoms with Crippen LogP contribution in [0.3, 0.4) is 0 Å². The molecule has 0 atom stereocenters. The van der Waals surface area contributed by atoms with Crippen LogP contribution in [0.15, 0.2) is 0 Å². The zero-order valence-electron chi connectivity index (χ0n) is 13.4. The number of aromatic nitrogens is 5. The maximum Gasteiger partial charge on any atom is 0.323 e. The van der Waals surface area contributed by atoms with E-state index in [1.807, 2.05) is 6.92 Å². The molecule has 0 bridgehead atoms. The van der Waals surface area contributed by atoms with Crippen LogP contribution in [0, 0.1) is 6.92 Å². The molecule has 3 rings (SSSR count). The van der Waals surface area contributed by atoms with Crippen LogP contribution in [-0.2, 0) is 6.54 Å². The Morgan fingerprint density at radius 3 is 2.83 bits per heavy atom. The minimum atomic E-state index is -0.237. The molecule has 0 aliphatic heterocycles. The van der Waals surface area contributed by atoms with Gasteiger partial charge in [-0.1, -0.05) is 30.6 Å². The first-order chi connectivity index (χ1) is 11.1. The molecule has 1 saturated carbocycles. The Kier molecular flexibility index (Phi) is 4.85. The number of hydrogen-bond donors (Lipinski definition) is 2. The molecule has 8 nitrogen and oxygen atoms in total. The summed E-state index contributed by atoms with van der Waals surface area (Å²) >= 11 is 1.48. The van der Waals surface area contributed by atoms with Gasteiger partial charge in [-0.25, -0.2) is 9.78 Å². The number of H-pyrrole nitrogens is 1. The average molecular weight is 335 g/mol. The zero-order valence-corrected chi connectivity index (χ0v) is 14.2. The number of carbonyl (C=O) groups is 1. The molecular formula is C14H21N7OS. The summed E-state index contributed by atoms with van der Waals surface area (Å²) in [7, 11) is 1.70. The van der Waals surface area contributed by atoms with E-state index in [2.05, 4.69) is 30.7 Å². The number of rotatable bonds is 4. The van der Waals surface area contributed by atoms with E-state index < -0.39 is 0 Å². The van der Waals surface area contributed by atoms with Crippen molar-refractivity contribution in [3.8, 4) is 0 Å². The SMILES string of the molecule is Cc1nc(CN(C)C(=O)Nc2nnc(C3CCCCC3)s2)n[nH]1. The fourth-order valence-electron chi connectivity index (χ4n) is 2.73. The Balaban J connectivity index is 1.55. The van der Waals surface area contributed by atoms with Crippen molar-refractivity contribution in [1.29, 1.82) is 0 Å². The molecule has 1 aliphatic carbocycles. The van der Waals surface area contributed by atoms with E-state index in [1.54, 1.807) is 7.05 Å². The monoisotopic (exact) mass is 335 g/mol. The van der Waals surface area contributed by atoms with Gasteiger partial charge >= 0.3 is 6.03 Å². The number of aromatic amines is 1. The molecule has 2 aromatic rings. The number of anilines is 1. The molecule has 0 aromatic carbocycles. The highest BCUT2D eigenvalue weighted by Gasteiger charge is 2.21. The highest BCUT2D eigenvalue weighted by atomic mass is 32.1. The molecule has 0 radical (unpaired) electrons. The van der Waals surface area contributed by atoms with Crippen LogP contribution in [0.2, 0.25) is 0 Å². The quantitative estimate of drug-likeness (QED) is 0.895. The number of nitrogens with zero attached hydrogens (tertiary/aromatic N) is 5. The van der Waals surface area contributed by atoms with Gasteiger partial charge in [0.1, 0.15) is 10.8 Å². The molecule has 0 saturated heterocycles. The molecule has 2 heterocycles. The number of urea groups is 1. The summed E-state index contributed by atoms with van der Waals surface area (Å²) in [5.74, 6) is 1.82. The van der Waals surface area contributed by atoms with Crippen LogP contribution < -0.4 is 5.32 Å². The smallest absolute Gasteiger partial charge is 0.320 e. The van der Waals surface area contributed by atoms with Gasteiger partial charge < -0.3 is 4.90 Å². The lowest BCUT2D eigenvalue weighted by Gasteiger charge is -2.18. The van der Waals surface area contributed by atoms with Crippen molar-refractivity contribution in [2.45, 2.75) is 51.5 Å². The fourth-order valence-corrected chi connectivity index (χ4v) is 3.63. The molecular weight excluding hydrogens is 314 g/mol. The molecule has 23 heavy (non-hydrogen) atoms. The van der Waals surface area contributed by atoms with Gasteiger partial charge in [-0.3, -0.25) is 10.4 Å². The number of hydrogen-bond acceptors (Lipinski definition) is 6. The van der Waals surface area contributed by atoms with E-state index in [-0.39, 0.29) is 6.03 Å². The second-order valence-electron chi connectivity index (χ2n) is 5.90. The Labute approximate surface area is 138 Å².